The van der Waals surface area contributed by atoms with Gasteiger partial charge in [-0.15, -0.1) is 11.3 Å². The quantitative estimate of drug-likeness (QED) is 0.0856. The Labute approximate surface area is 433 Å². The van der Waals surface area contributed by atoms with Crippen molar-refractivity contribution in [3.8, 4) is 39.5 Å². The number of hydrogen-bond donors (Lipinski definition) is 4. The third-order valence-corrected chi connectivity index (χ3v) is 15.9. The summed E-state index contributed by atoms with van der Waals surface area (Å²) in [5, 5.41) is 6.16. The SMILES string of the molecule is COC(=O)NC(C(=O)N1CCC[C@H]1c1ncc(-c2cc(F)c3c(c2)OC(c2ccc(CC(F)(F)F)s2)n2c-3cc3cc(-c4cnc([C@@H]5CCCN5C(=O)C(NC(=O)OC)C5C[C@@H](C)O[C@@H](C)C5)[nH]4)ccc32)[nH]1)C(C)C. The van der Waals surface area contributed by atoms with Crippen LogP contribution >= 0.6 is 11.3 Å². The number of fused-ring (bicyclic) bond motifs is 5. The topological polar surface area (TPSA) is 198 Å². The van der Waals surface area contributed by atoms with Gasteiger partial charge in [-0.3, -0.25) is 14.2 Å². The number of methoxy groups -OCH3 is 2. The van der Waals surface area contributed by atoms with E-state index in [-0.39, 0.29) is 52.0 Å². The lowest BCUT2D eigenvalue weighted by molar-refractivity contribution is -0.138. The van der Waals surface area contributed by atoms with E-state index < -0.39 is 61.0 Å². The molecule has 4 unspecified atom stereocenters. The van der Waals surface area contributed by atoms with Crippen LogP contribution in [-0.2, 0) is 30.2 Å². The molecule has 8 atom stereocenters. The standard InChI is InChI=1S/C53H59F4N9O8S/c1-26(2)44(62-51(69)71-5)48(67)64-15-7-9-38(64)47-59-25-36(61-47)30-20-34(54)43-40-21-31-19-29(11-13-37(31)66(40)50(74-41(43)22-30)42-14-12-33(75-42)23-53(55,56)57)35-24-58-46(60-35)39-10-8-16-65(39)49(68)45(63-52(70)72-6)32-17-27(3)73-28(4)18-32/h11-14,19-22,24-28,32,38-39,44-45,50H,7-10,15-18,23H2,1-6H3,(H,58,60)(H,59,61)(H,62,69)(H,63,70)/t27-,28+,32?,38-,39-,44?,45?,50?/m0/s1. The van der Waals surface area contributed by atoms with Gasteiger partial charge in [0.25, 0.3) is 0 Å². The van der Waals surface area contributed by atoms with E-state index in [9.17, 15) is 32.3 Å². The molecular formula is C53H59F4N9O8S. The van der Waals surface area contributed by atoms with Gasteiger partial charge in [-0.1, -0.05) is 19.9 Å². The average Bonchev–Trinajstić information content (AvgIpc) is 4.25. The van der Waals surface area contributed by atoms with Crippen LogP contribution in [0.3, 0.4) is 0 Å². The fourth-order valence-corrected chi connectivity index (χ4v) is 12.5. The van der Waals surface area contributed by atoms with Gasteiger partial charge in [-0.05, 0) is 107 Å². The third kappa shape index (κ3) is 10.3. The highest BCUT2D eigenvalue weighted by atomic mass is 32.1. The summed E-state index contributed by atoms with van der Waals surface area (Å²) >= 11 is 0.968. The zero-order chi connectivity index (χ0) is 53.0. The number of aromatic amines is 2. The zero-order valence-corrected chi connectivity index (χ0v) is 43.1. The number of aromatic nitrogens is 5. The molecule has 10 rings (SSSR count). The molecule has 0 spiro atoms. The van der Waals surface area contributed by atoms with Gasteiger partial charge >= 0.3 is 18.4 Å². The Morgan fingerprint density at radius 2 is 1.45 bits per heavy atom. The molecule has 398 valence electrons. The first-order chi connectivity index (χ1) is 35.9. The Morgan fingerprint density at radius 3 is 2.08 bits per heavy atom. The van der Waals surface area contributed by atoms with E-state index >= 15 is 4.39 Å². The van der Waals surface area contributed by atoms with E-state index in [1.807, 2.05) is 52.0 Å². The number of hydrogen-bond acceptors (Lipinski definition) is 11. The average molecular weight is 1060 g/mol. The van der Waals surface area contributed by atoms with Crippen molar-refractivity contribution >= 4 is 46.2 Å². The summed E-state index contributed by atoms with van der Waals surface area (Å²) in [6.07, 6.45) is -0.996. The van der Waals surface area contributed by atoms with Crippen molar-refractivity contribution in [3.63, 3.8) is 0 Å². The second-order valence-electron chi connectivity index (χ2n) is 20.3. The number of carbonyl (C=O) groups excluding carboxylic acids is 4. The van der Waals surface area contributed by atoms with Gasteiger partial charge < -0.3 is 49.3 Å². The summed E-state index contributed by atoms with van der Waals surface area (Å²) in [4.78, 5) is 73.1. The Hall–Kier alpha value is -6.94. The highest BCUT2D eigenvalue weighted by Gasteiger charge is 2.43. The molecule has 4 aliphatic heterocycles. The summed E-state index contributed by atoms with van der Waals surface area (Å²) < 4.78 is 82.1. The molecule has 4 aromatic heterocycles. The number of ether oxygens (including phenoxy) is 4. The van der Waals surface area contributed by atoms with Gasteiger partial charge in [0, 0.05) is 34.5 Å². The van der Waals surface area contributed by atoms with Gasteiger partial charge in [0.1, 0.15) is 35.3 Å². The molecule has 2 aromatic carbocycles. The molecule has 8 heterocycles. The molecule has 3 saturated heterocycles. The Balaban J connectivity index is 0.961. The summed E-state index contributed by atoms with van der Waals surface area (Å²) in [6, 6.07) is 11.1. The van der Waals surface area contributed by atoms with E-state index in [1.54, 1.807) is 38.9 Å². The fourth-order valence-electron chi connectivity index (χ4n) is 11.4. The van der Waals surface area contributed by atoms with Crippen molar-refractivity contribution < 1.29 is 55.7 Å². The number of imidazole rings is 2. The zero-order valence-electron chi connectivity index (χ0n) is 42.3. The first-order valence-electron chi connectivity index (χ1n) is 25.2. The number of nitrogens with one attached hydrogen (secondary N) is 4. The van der Waals surface area contributed by atoms with Crippen molar-refractivity contribution in [2.75, 3.05) is 27.3 Å². The maximum atomic E-state index is 16.9. The molecule has 6 aromatic rings. The third-order valence-electron chi connectivity index (χ3n) is 14.8. The van der Waals surface area contributed by atoms with Gasteiger partial charge in [-0.25, -0.2) is 23.9 Å². The largest absolute Gasteiger partial charge is 0.464 e. The number of benzene rings is 2. The number of alkyl halides is 3. The molecule has 0 aliphatic carbocycles. The van der Waals surface area contributed by atoms with Crippen LogP contribution in [0.5, 0.6) is 5.75 Å². The number of thiophene rings is 1. The number of carbonyl (C=O) groups is 4. The van der Waals surface area contributed by atoms with Crippen LogP contribution in [0.1, 0.15) is 106 Å². The number of nitrogens with zero attached hydrogens (tertiary/aromatic N) is 5. The van der Waals surface area contributed by atoms with E-state index in [0.717, 1.165) is 23.3 Å². The monoisotopic (exact) mass is 1060 g/mol. The first-order valence-corrected chi connectivity index (χ1v) is 26.1. The van der Waals surface area contributed by atoms with Gasteiger partial charge in [-0.2, -0.15) is 13.2 Å². The van der Waals surface area contributed by atoms with Crippen LogP contribution in [-0.4, -0.2) is 116 Å². The minimum Gasteiger partial charge on any atom is -0.464 e. The van der Waals surface area contributed by atoms with Gasteiger partial charge in [0.15, 0.2) is 0 Å². The normalized spacial score (nSPS) is 22.4. The lowest BCUT2D eigenvalue weighted by Gasteiger charge is -2.38. The summed E-state index contributed by atoms with van der Waals surface area (Å²) in [5.41, 5.74) is 3.48. The number of alkyl carbamates (subject to hydrolysis) is 2. The smallest absolute Gasteiger partial charge is 0.407 e. The fraction of sp³-hybridized carbons (Fsp3) is 0.472. The van der Waals surface area contributed by atoms with E-state index in [0.29, 0.717) is 95.3 Å². The number of halogens is 4. The highest BCUT2D eigenvalue weighted by Crippen LogP contribution is 2.49. The molecule has 4 N–H and O–H groups in total. The van der Waals surface area contributed by atoms with Crippen molar-refractivity contribution in [1.82, 2.24) is 44.9 Å². The Morgan fingerprint density at radius 1 is 0.827 bits per heavy atom. The molecule has 75 heavy (non-hydrogen) atoms. The minimum absolute atomic E-state index is 0.0901. The predicted octanol–water partition coefficient (Wildman–Crippen LogP) is 9.97. The van der Waals surface area contributed by atoms with Crippen molar-refractivity contribution in [1.29, 1.82) is 0 Å². The van der Waals surface area contributed by atoms with Crippen molar-refractivity contribution in [2.45, 2.75) is 121 Å². The molecule has 4 aliphatic rings. The van der Waals surface area contributed by atoms with Gasteiger partial charge in [0.2, 0.25) is 18.0 Å². The van der Waals surface area contributed by atoms with Crippen LogP contribution in [0.4, 0.5) is 27.2 Å². The molecular weight excluding hydrogens is 999 g/mol. The van der Waals surface area contributed by atoms with E-state index in [2.05, 4.69) is 25.6 Å². The number of H-pyrrole nitrogens is 2. The Bertz CT molecular complexity index is 3120. The van der Waals surface area contributed by atoms with Crippen molar-refractivity contribution in [2.24, 2.45) is 11.8 Å². The second kappa shape index (κ2) is 20.6. The van der Waals surface area contributed by atoms with Crippen LogP contribution in [0, 0.1) is 17.7 Å². The molecule has 17 nitrogen and oxygen atoms in total. The number of rotatable bonds is 12. The van der Waals surface area contributed by atoms with Crippen LogP contribution in [0.15, 0.2) is 60.9 Å². The van der Waals surface area contributed by atoms with Crippen molar-refractivity contribution in [3.05, 3.63) is 88.1 Å². The maximum Gasteiger partial charge on any atom is 0.407 e. The van der Waals surface area contributed by atoms with Crippen LogP contribution < -0.4 is 15.4 Å². The minimum atomic E-state index is -4.44. The Kier molecular flexibility index (Phi) is 14.2. The molecule has 22 heteroatoms. The molecule has 3 fully saturated rings. The van der Waals surface area contributed by atoms with E-state index in [4.69, 9.17) is 23.9 Å². The molecule has 4 amide bonds. The molecule has 0 saturated carbocycles. The maximum absolute atomic E-state index is 16.9. The van der Waals surface area contributed by atoms with E-state index in [1.165, 1.54) is 26.4 Å². The first kappa shape index (κ1) is 51.5. The second-order valence-corrected chi connectivity index (χ2v) is 21.5. The summed E-state index contributed by atoms with van der Waals surface area (Å²) in [7, 11) is 2.50. The van der Waals surface area contributed by atoms with Crippen LogP contribution in [0.2, 0.25) is 0 Å². The number of amides is 4. The summed E-state index contributed by atoms with van der Waals surface area (Å²) in [5.74, 6) is -0.282. The van der Waals surface area contributed by atoms with Crippen LogP contribution in [0.25, 0.3) is 44.7 Å². The number of likely N-dealkylation sites (tertiary alicyclic amines) is 2. The lowest BCUT2D eigenvalue weighted by Crippen LogP contribution is -2.54. The lowest BCUT2D eigenvalue weighted by atomic mass is 9.85. The van der Waals surface area contributed by atoms with Gasteiger partial charge in [0.05, 0.1) is 90.4 Å². The molecule has 0 radical (unpaired) electrons. The highest BCUT2D eigenvalue weighted by molar-refractivity contribution is 7.12. The molecule has 0 bridgehead atoms. The summed E-state index contributed by atoms with van der Waals surface area (Å²) in [6.45, 7) is 8.49. The predicted molar refractivity (Wildman–Crippen MR) is 269 cm³/mol.